The van der Waals surface area contributed by atoms with Gasteiger partial charge in [0, 0.05) is 9.58 Å². The zero-order valence-electron chi connectivity index (χ0n) is 12.4. The summed E-state index contributed by atoms with van der Waals surface area (Å²) < 4.78 is 1.43. The highest BCUT2D eigenvalue weighted by Gasteiger charge is 2.17. The molecule has 0 nitrogen and oxygen atoms in total. The van der Waals surface area contributed by atoms with Crippen molar-refractivity contribution in [2.24, 2.45) is 5.41 Å². The maximum absolute atomic E-state index is 2.38. The van der Waals surface area contributed by atoms with Gasteiger partial charge in [-0.3, -0.25) is 0 Å². The van der Waals surface area contributed by atoms with Gasteiger partial charge in [0.1, 0.15) is 0 Å². The molecule has 1 heterocycles. The molecule has 0 aliphatic carbocycles. The Morgan fingerprint density at radius 3 is 2.17 bits per heavy atom. The summed E-state index contributed by atoms with van der Waals surface area (Å²) in [5.74, 6) is 0. The van der Waals surface area contributed by atoms with Crippen LogP contribution >= 0.6 is 11.3 Å². The highest BCUT2D eigenvalue weighted by molar-refractivity contribution is 7.19. The van der Waals surface area contributed by atoms with Crippen molar-refractivity contribution in [1.29, 1.82) is 0 Å². The number of thiophene rings is 1. The van der Waals surface area contributed by atoms with E-state index in [4.69, 9.17) is 0 Å². The second-order valence-corrected chi connectivity index (χ2v) is 8.55. The maximum Gasteiger partial charge on any atom is 0.0348 e. The monoisotopic (exact) mass is 260 g/mol. The lowest BCUT2D eigenvalue weighted by Gasteiger charge is -2.17. The second-order valence-electron chi connectivity index (χ2n) is 7.47. The fraction of sp³-hybridized carbons (Fsp3) is 0.529. The van der Waals surface area contributed by atoms with Crippen LogP contribution in [0.1, 0.15) is 52.0 Å². The average molecular weight is 260 g/mol. The zero-order chi connectivity index (χ0) is 13.6. The Morgan fingerprint density at radius 2 is 1.61 bits per heavy atom. The van der Waals surface area contributed by atoms with E-state index in [-0.39, 0.29) is 5.41 Å². The van der Waals surface area contributed by atoms with Crippen molar-refractivity contribution < 1.29 is 0 Å². The van der Waals surface area contributed by atoms with Crippen LogP contribution in [0.5, 0.6) is 0 Å². The molecular formula is C17H24S. The van der Waals surface area contributed by atoms with E-state index in [2.05, 4.69) is 65.8 Å². The van der Waals surface area contributed by atoms with Crippen LogP contribution in [-0.2, 0) is 11.8 Å². The minimum absolute atomic E-state index is 0.258. The number of rotatable bonds is 1. The molecule has 0 amide bonds. The first-order valence-corrected chi connectivity index (χ1v) is 7.50. The zero-order valence-corrected chi connectivity index (χ0v) is 13.2. The van der Waals surface area contributed by atoms with Crippen LogP contribution in [0.25, 0.3) is 10.1 Å². The van der Waals surface area contributed by atoms with E-state index in [1.54, 1.807) is 0 Å². The maximum atomic E-state index is 2.38. The van der Waals surface area contributed by atoms with Crippen molar-refractivity contribution in [2.75, 3.05) is 0 Å². The SMILES string of the molecule is CC(C)(C)Cc1ccc2cc(C(C)(C)C)sc2c1. The summed E-state index contributed by atoms with van der Waals surface area (Å²) in [7, 11) is 0. The van der Waals surface area contributed by atoms with Crippen molar-refractivity contribution in [3.05, 3.63) is 34.7 Å². The number of hydrogen-bond acceptors (Lipinski definition) is 1. The van der Waals surface area contributed by atoms with E-state index in [0.29, 0.717) is 5.41 Å². The van der Waals surface area contributed by atoms with E-state index in [9.17, 15) is 0 Å². The number of fused-ring (bicyclic) bond motifs is 1. The summed E-state index contributed by atoms with van der Waals surface area (Å²) in [5, 5.41) is 1.39. The van der Waals surface area contributed by atoms with Gasteiger partial charge in [-0.1, -0.05) is 53.7 Å². The third-order valence-electron chi connectivity index (χ3n) is 3.06. The van der Waals surface area contributed by atoms with E-state index < -0.39 is 0 Å². The third kappa shape index (κ3) is 3.14. The fourth-order valence-corrected chi connectivity index (χ4v) is 3.35. The van der Waals surface area contributed by atoms with Crippen molar-refractivity contribution in [2.45, 2.75) is 53.4 Å². The van der Waals surface area contributed by atoms with E-state index in [0.717, 1.165) is 6.42 Å². The molecule has 98 valence electrons. The Balaban J connectivity index is 2.40. The van der Waals surface area contributed by atoms with Crippen LogP contribution in [0.15, 0.2) is 24.3 Å². The summed E-state index contributed by atoms with van der Waals surface area (Å²) in [6.07, 6.45) is 1.14. The highest BCUT2D eigenvalue weighted by Crippen LogP contribution is 2.35. The van der Waals surface area contributed by atoms with E-state index in [1.165, 1.54) is 20.5 Å². The lowest BCUT2D eigenvalue weighted by Crippen LogP contribution is -2.08. The predicted molar refractivity (Wildman–Crippen MR) is 83.7 cm³/mol. The molecule has 0 aliphatic rings. The van der Waals surface area contributed by atoms with Crippen LogP contribution in [0.4, 0.5) is 0 Å². The van der Waals surface area contributed by atoms with Gasteiger partial charge < -0.3 is 0 Å². The molecule has 1 heteroatoms. The molecule has 0 saturated carbocycles. The van der Waals surface area contributed by atoms with Crippen molar-refractivity contribution in [3.63, 3.8) is 0 Å². The summed E-state index contributed by atoms with van der Waals surface area (Å²) in [6, 6.07) is 9.29. The molecule has 0 unspecified atom stereocenters. The smallest absolute Gasteiger partial charge is 0.0348 e. The van der Waals surface area contributed by atoms with Gasteiger partial charge in [-0.15, -0.1) is 11.3 Å². The minimum Gasteiger partial charge on any atom is -0.140 e. The standard InChI is InChI=1S/C17H24S/c1-16(2,3)11-12-7-8-13-10-15(17(4,5)6)18-14(13)9-12/h7-10H,11H2,1-6H3. The number of benzene rings is 1. The Labute approximate surface area is 115 Å². The average Bonchev–Trinajstić information content (AvgIpc) is 2.57. The molecule has 0 fully saturated rings. The molecule has 0 radical (unpaired) electrons. The minimum atomic E-state index is 0.258. The molecular weight excluding hydrogens is 236 g/mol. The molecule has 0 spiro atoms. The number of hydrogen-bond donors (Lipinski definition) is 0. The van der Waals surface area contributed by atoms with Gasteiger partial charge in [0.05, 0.1) is 0 Å². The van der Waals surface area contributed by atoms with Gasteiger partial charge in [-0.05, 0) is 40.3 Å². The molecule has 0 N–H and O–H groups in total. The highest BCUT2D eigenvalue weighted by atomic mass is 32.1. The summed E-state index contributed by atoms with van der Waals surface area (Å²) in [5.41, 5.74) is 2.07. The first kappa shape index (κ1) is 13.6. The van der Waals surface area contributed by atoms with Crippen LogP contribution in [0.3, 0.4) is 0 Å². The molecule has 1 aromatic heterocycles. The third-order valence-corrected chi connectivity index (χ3v) is 4.58. The summed E-state index contributed by atoms with van der Waals surface area (Å²) in [6.45, 7) is 13.7. The lowest BCUT2D eigenvalue weighted by molar-refractivity contribution is 0.411. The van der Waals surface area contributed by atoms with Crippen LogP contribution in [-0.4, -0.2) is 0 Å². The van der Waals surface area contributed by atoms with E-state index in [1.807, 2.05) is 11.3 Å². The van der Waals surface area contributed by atoms with Gasteiger partial charge in [-0.25, -0.2) is 0 Å². The Morgan fingerprint density at radius 1 is 0.944 bits per heavy atom. The molecule has 0 saturated heterocycles. The normalized spacial score (nSPS) is 13.2. The van der Waals surface area contributed by atoms with Crippen molar-refractivity contribution in [3.8, 4) is 0 Å². The van der Waals surface area contributed by atoms with Crippen LogP contribution in [0, 0.1) is 5.41 Å². The molecule has 0 bridgehead atoms. The molecule has 0 atom stereocenters. The fourth-order valence-electron chi connectivity index (χ4n) is 2.17. The predicted octanol–water partition coefficient (Wildman–Crippen LogP) is 5.79. The van der Waals surface area contributed by atoms with Crippen LogP contribution < -0.4 is 0 Å². The first-order chi connectivity index (χ1) is 8.15. The Bertz CT molecular complexity index is 547. The molecule has 0 aliphatic heterocycles. The second kappa shape index (κ2) is 4.38. The summed E-state index contributed by atoms with van der Waals surface area (Å²) in [4.78, 5) is 1.48. The lowest BCUT2D eigenvalue weighted by atomic mass is 9.88. The summed E-state index contributed by atoms with van der Waals surface area (Å²) >= 11 is 1.94. The largest absolute Gasteiger partial charge is 0.140 e. The Hall–Kier alpha value is -0.820. The first-order valence-electron chi connectivity index (χ1n) is 6.68. The van der Waals surface area contributed by atoms with Gasteiger partial charge >= 0.3 is 0 Å². The van der Waals surface area contributed by atoms with Gasteiger partial charge in [0.25, 0.3) is 0 Å². The molecule has 1 aromatic carbocycles. The van der Waals surface area contributed by atoms with Gasteiger partial charge in [0.15, 0.2) is 0 Å². The van der Waals surface area contributed by atoms with Crippen LogP contribution in [0.2, 0.25) is 0 Å². The van der Waals surface area contributed by atoms with Crippen molar-refractivity contribution in [1.82, 2.24) is 0 Å². The molecule has 18 heavy (non-hydrogen) atoms. The molecule has 2 rings (SSSR count). The quantitative estimate of drug-likeness (QED) is 0.609. The van der Waals surface area contributed by atoms with Crippen molar-refractivity contribution >= 4 is 21.4 Å². The van der Waals surface area contributed by atoms with E-state index >= 15 is 0 Å². The Kier molecular flexibility index (Phi) is 3.31. The van der Waals surface area contributed by atoms with Gasteiger partial charge in [0.2, 0.25) is 0 Å². The topological polar surface area (TPSA) is 0 Å². The van der Waals surface area contributed by atoms with Gasteiger partial charge in [-0.2, -0.15) is 0 Å². The molecule has 2 aromatic rings.